The van der Waals surface area contributed by atoms with Crippen LogP contribution in [0.15, 0.2) is 0 Å². The first-order valence-corrected chi connectivity index (χ1v) is 6.09. The first-order chi connectivity index (χ1) is 6.24. The van der Waals surface area contributed by atoms with E-state index in [9.17, 15) is 0 Å². The van der Waals surface area contributed by atoms with Crippen molar-refractivity contribution in [1.82, 2.24) is 0 Å². The van der Waals surface area contributed by atoms with Crippen LogP contribution in [0.4, 0.5) is 0 Å². The maximum absolute atomic E-state index is 2.31. The molecule has 14 heavy (non-hydrogen) atoms. The summed E-state index contributed by atoms with van der Waals surface area (Å²) in [5, 5.41) is 0. The van der Waals surface area contributed by atoms with Gasteiger partial charge in [0.1, 0.15) is 0 Å². The van der Waals surface area contributed by atoms with E-state index in [0.717, 1.165) is 0 Å². The van der Waals surface area contributed by atoms with Crippen molar-refractivity contribution in [3.63, 3.8) is 0 Å². The van der Waals surface area contributed by atoms with Gasteiger partial charge in [-0.15, -0.1) is 0 Å². The van der Waals surface area contributed by atoms with Crippen LogP contribution in [0.2, 0.25) is 0 Å². The van der Waals surface area contributed by atoms with E-state index < -0.39 is 0 Å². The fraction of sp³-hybridized carbons (Fsp3) is 1.00. The van der Waals surface area contributed by atoms with Gasteiger partial charge in [-0.2, -0.15) is 0 Å². The number of nitrogens with zero attached hydrogens (tertiary/aromatic N) is 1. The molecular formula is C12H31NSb+. The Morgan fingerprint density at radius 3 is 0.929 bits per heavy atom. The Bertz CT molecular complexity index is 85.4. The van der Waals surface area contributed by atoms with Gasteiger partial charge in [0.15, 0.2) is 0 Å². The zero-order valence-electron chi connectivity index (χ0n) is 10.8. The molecule has 0 spiro atoms. The van der Waals surface area contributed by atoms with Crippen LogP contribution in [-0.4, -0.2) is 55.1 Å². The van der Waals surface area contributed by atoms with Gasteiger partial charge < -0.3 is 4.48 Å². The Morgan fingerprint density at radius 1 is 0.571 bits per heavy atom. The summed E-state index contributed by atoms with van der Waals surface area (Å²) in [4.78, 5) is 0. The molecule has 0 heterocycles. The van der Waals surface area contributed by atoms with Gasteiger partial charge in [-0.25, -0.2) is 0 Å². The molecule has 0 saturated carbocycles. The van der Waals surface area contributed by atoms with Crippen LogP contribution in [-0.2, 0) is 0 Å². The second-order valence-electron chi connectivity index (χ2n) is 4.24. The number of quaternary nitrogens is 1. The third kappa shape index (κ3) is 6.30. The summed E-state index contributed by atoms with van der Waals surface area (Å²) in [5.74, 6) is 0. The molecule has 0 N–H and O–H groups in total. The van der Waals surface area contributed by atoms with Crippen molar-refractivity contribution in [3.8, 4) is 0 Å². The Kier molecular flexibility index (Phi) is 12.6. The molecule has 2 heteroatoms. The van der Waals surface area contributed by atoms with Crippen LogP contribution in [0.25, 0.3) is 0 Å². The molecule has 0 saturated heterocycles. The van der Waals surface area contributed by atoms with Crippen molar-refractivity contribution < 1.29 is 4.48 Å². The molecule has 0 aliphatic heterocycles. The third-order valence-electron chi connectivity index (χ3n) is 2.79. The monoisotopic (exact) mass is 310 g/mol. The van der Waals surface area contributed by atoms with Crippen LogP contribution >= 0.6 is 0 Å². The first kappa shape index (κ1) is 17.2. The van der Waals surface area contributed by atoms with Gasteiger partial charge in [-0.1, -0.05) is 27.7 Å². The molecule has 0 bridgehead atoms. The molecule has 0 aromatic rings. The second kappa shape index (κ2) is 10.3. The summed E-state index contributed by atoms with van der Waals surface area (Å²) in [5.41, 5.74) is 0. The predicted molar refractivity (Wildman–Crippen MR) is 70.8 cm³/mol. The SMILES string of the molecule is CCC[N+](CCC)(CCC)CCC.[SbH3]. The standard InChI is InChI=1S/C12H28N.Sb.3H/c1-5-9-13(10-6-2,11-7-3)12-8-4;;;;/h5-12H2,1-4H3;;;;/q+1;;;;. The summed E-state index contributed by atoms with van der Waals surface area (Å²) in [6.45, 7) is 14.8. The summed E-state index contributed by atoms with van der Waals surface area (Å²) in [6, 6.07) is 0. The summed E-state index contributed by atoms with van der Waals surface area (Å²) in [6.07, 6.45) is 5.33. The van der Waals surface area contributed by atoms with E-state index >= 15 is 0 Å². The number of rotatable bonds is 8. The summed E-state index contributed by atoms with van der Waals surface area (Å²) < 4.78 is 1.38. The van der Waals surface area contributed by atoms with E-state index in [2.05, 4.69) is 27.7 Å². The van der Waals surface area contributed by atoms with Crippen molar-refractivity contribution in [3.05, 3.63) is 0 Å². The van der Waals surface area contributed by atoms with E-state index in [1.165, 1.54) is 56.3 Å². The van der Waals surface area contributed by atoms with Gasteiger partial charge in [0.05, 0.1) is 26.2 Å². The van der Waals surface area contributed by atoms with Crippen LogP contribution in [0.3, 0.4) is 0 Å². The van der Waals surface area contributed by atoms with Crippen LogP contribution < -0.4 is 0 Å². The fourth-order valence-corrected chi connectivity index (χ4v) is 2.57. The van der Waals surface area contributed by atoms with Crippen LogP contribution in [0.1, 0.15) is 53.4 Å². The zero-order valence-corrected chi connectivity index (χ0v) is 14.8. The van der Waals surface area contributed by atoms with Crippen molar-refractivity contribution >= 4 is 24.4 Å². The van der Waals surface area contributed by atoms with Crippen molar-refractivity contribution in [1.29, 1.82) is 0 Å². The quantitative estimate of drug-likeness (QED) is 0.476. The average molecular weight is 311 g/mol. The molecule has 0 aromatic carbocycles. The molecule has 0 rings (SSSR count). The normalized spacial score (nSPS) is 11.1. The minimum absolute atomic E-state index is 0. The average Bonchev–Trinajstić information content (AvgIpc) is 2.06. The summed E-state index contributed by atoms with van der Waals surface area (Å²) >= 11 is 0. The summed E-state index contributed by atoms with van der Waals surface area (Å²) in [7, 11) is 0. The van der Waals surface area contributed by atoms with E-state index in [1.807, 2.05) is 0 Å². The van der Waals surface area contributed by atoms with Crippen molar-refractivity contribution in [2.75, 3.05) is 26.2 Å². The van der Waals surface area contributed by atoms with Gasteiger partial charge >= 0.3 is 24.4 Å². The Hall–Kier alpha value is 0.778. The van der Waals surface area contributed by atoms with Gasteiger partial charge in [-0.05, 0) is 25.7 Å². The molecule has 0 aromatic heterocycles. The van der Waals surface area contributed by atoms with Crippen LogP contribution in [0, 0.1) is 0 Å². The van der Waals surface area contributed by atoms with E-state index in [1.54, 1.807) is 0 Å². The van der Waals surface area contributed by atoms with E-state index in [4.69, 9.17) is 0 Å². The molecule has 0 atom stereocenters. The molecule has 0 aliphatic carbocycles. The maximum atomic E-state index is 2.31. The zero-order chi connectivity index (χ0) is 10.2. The Balaban J connectivity index is 0. The van der Waals surface area contributed by atoms with Gasteiger partial charge in [-0.3, -0.25) is 0 Å². The molecule has 0 aliphatic rings. The first-order valence-electron chi connectivity index (χ1n) is 6.09. The molecule has 0 fully saturated rings. The number of hydrogen-bond donors (Lipinski definition) is 0. The fourth-order valence-electron chi connectivity index (χ4n) is 2.57. The second-order valence-corrected chi connectivity index (χ2v) is 4.24. The van der Waals surface area contributed by atoms with Crippen LogP contribution in [0.5, 0.6) is 0 Å². The molecule has 0 radical (unpaired) electrons. The molecule has 1 nitrogen and oxygen atoms in total. The molecule has 0 amide bonds. The van der Waals surface area contributed by atoms with E-state index in [-0.39, 0.29) is 24.4 Å². The van der Waals surface area contributed by atoms with Gasteiger partial charge in [0.2, 0.25) is 0 Å². The number of hydrogen-bond acceptors (Lipinski definition) is 0. The molecular weight excluding hydrogens is 280 g/mol. The van der Waals surface area contributed by atoms with Gasteiger partial charge in [0, 0.05) is 0 Å². The molecule has 88 valence electrons. The topological polar surface area (TPSA) is 0 Å². The minimum atomic E-state index is 0. The molecule has 0 unspecified atom stereocenters. The third-order valence-corrected chi connectivity index (χ3v) is 2.79. The van der Waals surface area contributed by atoms with Gasteiger partial charge in [0.25, 0.3) is 0 Å². The Labute approximate surface area is 108 Å². The van der Waals surface area contributed by atoms with Crippen molar-refractivity contribution in [2.45, 2.75) is 53.4 Å². The van der Waals surface area contributed by atoms with Crippen molar-refractivity contribution in [2.24, 2.45) is 0 Å². The predicted octanol–water partition coefficient (Wildman–Crippen LogP) is 2.26. The Morgan fingerprint density at radius 2 is 0.786 bits per heavy atom. The van der Waals surface area contributed by atoms with E-state index in [0.29, 0.717) is 0 Å².